The number of alkyl halides is 6. The third-order valence-electron chi connectivity index (χ3n) is 5.40. The number of rotatable bonds is 5. The van der Waals surface area contributed by atoms with E-state index in [0.717, 1.165) is 17.0 Å². The Hall–Kier alpha value is -3.42. The number of ether oxygens (including phenoxy) is 1. The predicted molar refractivity (Wildman–Crippen MR) is 113 cm³/mol. The van der Waals surface area contributed by atoms with Gasteiger partial charge in [-0.05, 0) is 54.4 Å². The second kappa shape index (κ2) is 8.50. The third-order valence-corrected chi connectivity index (χ3v) is 5.40. The first-order valence-corrected chi connectivity index (χ1v) is 10.1. The van der Waals surface area contributed by atoms with E-state index in [0.29, 0.717) is 29.6 Å². The Kier molecular flexibility index (Phi) is 5.86. The second-order valence-corrected chi connectivity index (χ2v) is 7.73. The van der Waals surface area contributed by atoms with Gasteiger partial charge in [-0.1, -0.05) is 36.4 Å². The lowest BCUT2D eigenvalue weighted by molar-refractivity contribution is -0.143. The first kappa shape index (κ1) is 22.8. The standard InChI is InChI=1S/C25H19F6NO/c1-16-11-19-12-21(33-15-17-5-3-2-4-6-17)9-10-23(19)32(16)14-18-7-8-20(24(26,27)28)13-22(18)25(29,30)31/h2-13H,14-15H2,1H3. The fourth-order valence-electron chi connectivity index (χ4n) is 3.75. The quantitative estimate of drug-likeness (QED) is 0.278. The van der Waals surface area contributed by atoms with Gasteiger partial charge in [-0.25, -0.2) is 0 Å². The fraction of sp³-hybridized carbons (Fsp3) is 0.200. The zero-order chi connectivity index (χ0) is 23.8. The van der Waals surface area contributed by atoms with Crippen LogP contribution in [0.25, 0.3) is 10.9 Å². The van der Waals surface area contributed by atoms with Crippen molar-refractivity contribution in [1.29, 1.82) is 0 Å². The smallest absolute Gasteiger partial charge is 0.416 e. The van der Waals surface area contributed by atoms with Crippen molar-refractivity contribution in [2.45, 2.75) is 32.4 Å². The van der Waals surface area contributed by atoms with E-state index in [4.69, 9.17) is 4.74 Å². The molecule has 8 heteroatoms. The van der Waals surface area contributed by atoms with Crippen molar-refractivity contribution < 1.29 is 31.1 Å². The molecule has 0 bridgehead atoms. The normalized spacial score (nSPS) is 12.3. The molecular weight excluding hydrogens is 444 g/mol. The van der Waals surface area contributed by atoms with Gasteiger partial charge in [-0.2, -0.15) is 26.3 Å². The molecule has 1 heterocycles. The topological polar surface area (TPSA) is 14.2 Å². The molecule has 0 atom stereocenters. The highest BCUT2D eigenvalue weighted by Crippen LogP contribution is 2.38. The van der Waals surface area contributed by atoms with E-state index in [1.165, 1.54) is 0 Å². The molecule has 0 aliphatic heterocycles. The van der Waals surface area contributed by atoms with E-state index in [9.17, 15) is 26.3 Å². The molecule has 0 radical (unpaired) electrons. The van der Waals surface area contributed by atoms with Crippen LogP contribution >= 0.6 is 0 Å². The minimum atomic E-state index is -4.91. The van der Waals surface area contributed by atoms with Crippen LogP contribution in [-0.2, 0) is 25.5 Å². The van der Waals surface area contributed by atoms with Gasteiger partial charge in [0.25, 0.3) is 0 Å². The van der Waals surface area contributed by atoms with Crippen LogP contribution in [-0.4, -0.2) is 4.57 Å². The van der Waals surface area contributed by atoms with Crippen molar-refractivity contribution >= 4 is 10.9 Å². The van der Waals surface area contributed by atoms with Gasteiger partial charge in [0, 0.05) is 23.1 Å². The second-order valence-electron chi connectivity index (χ2n) is 7.73. The lowest BCUT2D eigenvalue weighted by Crippen LogP contribution is -2.15. The lowest BCUT2D eigenvalue weighted by Gasteiger charge is -2.17. The number of nitrogens with zero attached hydrogens (tertiary/aromatic N) is 1. The van der Waals surface area contributed by atoms with Gasteiger partial charge in [-0.3, -0.25) is 0 Å². The highest BCUT2D eigenvalue weighted by atomic mass is 19.4. The number of aryl methyl sites for hydroxylation is 1. The number of halogens is 6. The molecule has 0 spiro atoms. The molecular formula is C25H19F6NO. The molecule has 3 aromatic carbocycles. The Morgan fingerprint density at radius 1 is 0.788 bits per heavy atom. The molecule has 0 saturated heterocycles. The molecule has 33 heavy (non-hydrogen) atoms. The van der Waals surface area contributed by atoms with Gasteiger partial charge in [0.1, 0.15) is 12.4 Å². The van der Waals surface area contributed by atoms with E-state index in [1.807, 2.05) is 36.4 Å². The largest absolute Gasteiger partial charge is 0.489 e. The van der Waals surface area contributed by atoms with Crippen molar-refractivity contribution in [1.82, 2.24) is 4.57 Å². The van der Waals surface area contributed by atoms with E-state index < -0.39 is 23.5 Å². The van der Waals surface area contributed by atoms with E-state index in [1.54, 1.807) is 29.7 Å². The van der Waals surface area contributed by atoms with Crippen molar-refractivity contribution in [2.24, 2.45) is 0 Å². The summed E-state index contributed by atoms with van der Waals surface area (Å²) in [6, 6.07) is 18.4. The zero-order valence-electron chi connectivity index (χ0n) is 17.5. The van der Waals surface area contributed by atoms with Crippen molar-refractivity contribution in [2.75, 3.05) is 0 Å². The Labute approximate surface area is 186 Å². The average Bonchev–Trinajstić information content (AvgIpc) is 3.06. The maximum absolute atomic E-state index is 13.5. The number of hydrogen-bond donors (Lipinski definition) is 0. The summed E-state index contributed by atoms with van der Waals surface area (Å²) in [6.07, 6.45) is -9.77. The summed E-state index contributed by atoms with van der Waals surface area (Å²) in [4.78, 5) is 0. The molecule has 0 aliphatic carbocycles. The van der Waals surface area contributed by atoms with Crippen LogP contribution in [0.3, 0.4) is 0 Å². The van der Waals surface area contributed by atoms with E-state index in [-0.39, 0.29) is 18.2 Å². The third kappa shape index (κ3) is 4.99. The number of fused-ring (bicyclic) bond motifs is 1. The summed E-state index contributed by atoms with van der Waals surface area (Å²) in [5.74, 6) is 0.606. The lowest BCUT2D eigenvalue weighted by atomic mass is 10.0. The summed E-state index contributed by atoms with van der Waals surface area (Å²) in [5, 5.41) is 0.763. The van der Waals surface area contributed by atoms with Gasteiger partial charge in [-0.15, -0.1) is 0 Å². The summed E-state index contributed by atoms with van der Waals surface area (Å²) in [6.45, 7) is 1.89. The van der Waals surface area contributed by atoms with Crippen LogP contribution in [0.2, 0.25) is 0 Å². The molecule has 4 aromatic rings. The molecule has 172 valence electrons. The Bertz CT molecular complexity index is 1270. The number of hydrogen-bond acceptors (Lipinski definition) is 1. The highest BCUT2D eigenvalue weighted by Gasteiger charge is 2.38. The highest BCUT2D eigenvalue weighted by molar-refractivity contribution is 5.83. The van der Waals surface area contributed by atoms with Gasteiger partial charge < -0.3 is 9.30 Å². The summed E-state index contributed by atoms with van der Waals surface area (Å²) in [5.41, 5.74) is -0.520. The molecule has 2 nitrogen and oxygen atoms in total. The number of aromatic nitrogens is 1. The molecule has 0 aliphatic rings. The molecule has 0 saturated carbocycles. The first-order chi connectivity index (χ1) is 15.5. The minimum Gasteiger partial charge on any atom is -0.489 e. The van der Waals surface area contributed by atoms with Gasteiger partial charge >= 0.3 is 12.4 Å². The first-order valence-electron chi connectivity index (χ1n) is 10.1. The van der Waals surface area contributed by atoms with Crippen molar-refractivity contribution in [3.8, 4) is 5.75 Å². The monoisotopic (exact) mass is 463 g/mol. The predicted octanol–water partition coefficient (Wildman–Crippen LogP) is 7.61. The van der Waals surface area contributed by atoms with Crippen LogP contribution in [0, 0.1) is 6.92 Å². The molecule has 4 rings (SSSR count). The number of benzene rings is 3. The molecule has 0 amide bonds. The van der Waals surface area contributed by atoms with E-state index in [2.05, 4.69) is 0 Å². The van der Waals surface area contributed by atoms with Crippen molar-refractivity contribution in [3.05, 3.63) is 101 Å². The SMILES string of the molecule is Cc1cc2cc(OCc3ccccc3)ccc2n1Cc1ccc(C(F)(F)F)cc1C(F)(F)F. The van der Waals surface area contributed by atoms with Crippen LogP contribution < -0.4 is 4.74 Å². The summed E-state index contributed by atoms with van der Waals surface area (Å²) < 4.78 is 87.0. The molecule has 1 aromatic heterocycles. The zero-order valence-corrected chi connectivity index (χ0v) is 17.5. The van der Waals surface area contributed by atoms with Crippen LogP contribution in [0.1, 0.15) is 27.9 Å². The molecule has 0 N–H and O–H groups in total. The maximum Gasteiger partial charge on any atom is 0.416 e. The van der Waals surface area contributed by atoms with Gasteiger partial charge in [0.15, 0.2) is 0 Å². The Morgan fingerprint density at radius 2 is 1.52 bits per heavy atom. The van der Waals surface area contributed by atoms with Crippen LogP contribution in [0.5, 0.6) is 5.75 Å². The summed E-state index contributed by atoms with van der Waals surface area (Å²) >= 11 is 0. The maximum atomic E-state index is 13.5. The fourth-order valence-corrected chi connectivity index (χ4v) is 3.75. The van der Waals surface area contributed by atoms with Gasteiger partial charge in [0.05, 0.1) is 11.1 Å². The van der Waals surface area contributed by atoms with Crippen LogP contribution in [0.15, 0.2) is 72.8 Å². The molecule has 0 unspecified atom stereocenters. The average molecular weight is 463 g/mol. The van der Waals surface area contributed by atoms with Crippen molar-refractivity contribution in [3.63, 3.8) is 0 Å². The Balaban J connectivity index is 1.64. The van der Waals surface area contributed by atoms with Crippen LogP contribution in [0.4, 0.5) is 26.3 Å². The Morgan fingerprint density at radius 3 is 2.18 bits per heavy atom. The van der Waals surface area contributed by atoms with E-state index >= 15 is 0 Å². The van der Waals surface area contributed by atoms with Gasteiger partial charge in [0.2, 0.25) is 0 Å². The molecule has 0 fully saturated rings. The minimum absolute atomic E-state index is 0.173. The summed E-state index contributed by atoms with van der Waals surface area (Å²) in [7, 11) is 0.